The van der Waals surface area contributed by atoms with E-state index < -0.39 is 0 Å². The number of hydrogen-bond acceptors (Lipinski definition) is 2. The molecule has 1 N–H and O–H groups in total. The number of piperidine rings is 1. The Labute approximate surface area is 127 Å². The Morgan fingerprint density at radius 2 is 2.15 bits per heavy atom. The number of likely N-dealkylation sites (tertiary alicyclic amines) is 1. The van der Waals surface area contributed by atoms with Crippen molar-refractivity contribution < 1.29 is 4.79 Å². The zero-order chi connectivity index (χ0) is 13.2. The van der Waals surface area contributed by atoms with Crippen molar-refractivity contribution in [3.05, 3.63) is 35.4 Å². The van der Waals surface area contributed by atoms with Crippen LogP contribution in [0.1, 0.15) is 24.0 Å². The fraction of sp³-hybridized carbons (Fsp3) is 0.562. The summed E-state index contributed by atoms with van der Waals surface area (Å²) in [6.45, 7) is 5.06. The lowest BCUT2D eigenvalue weighted by Crippen LogP contribution is -2.47. The Kier molecular flexibility index (Phi) is 5.06. The summed E-state index contributed by atoms with van der Waals surface area (Å²) >= 11 is 0. The molecule has 0 saturated carbocycles. The van der Waals surface area contributed by atoms with Crippen LogP contribution in [-0.4, -0.2) is 36.5 Å². The van der Waals surface area contributed by atoms with Crippen molar-refractivity contribution in [2.75, 3.05) is 19.6 Å². The van der Waals surface area contributed by atoms with E-state index in [1.807, 2.05) is 12.1 Å². The van der Waals surface area contributed by atoms with Crippen molar-refractivity contribution in [2.24, 2.45) is 5.92 Å². The van der Waals surface area contributed by atoms with Crippen LogP contribution < -0.4 is 5.32 Å². The molecule has 2 aliphatic rings. The van der Waals surface area contributed by atoms with Gasteiger partial charge in [0.25, 0.3) is 0 Å². The van der Waals surface area contributed by atoms with Crippen molar-refractivity contribution in [1.82, 2.24) is 10.2 Å². The number of hydrogen-bond donors (Lipinski definition) is 1. The molecule has 2 atom stereocenters. The van der Waals surface area contributed by atoms with Crippen LogP contribution in [0.25, 0.3) is 0 Å². The second kappa shape index (κ2) is 6.59. The number of fused-ring (bicyclic) bond motifs is 1. The number of carbonyl (C=O) groups is 1. The minimum Gasteiger partial charge on any atom is -0.342 e. The predicted molar refractivity (Wildman–Crippen MR) is 83.2 cm³/mol. The molecule has 0 aliphatic carbocycles. The summed E-state index contributed by atoms with van der Waals surface area (Å²) in [7, 11) is 0. The van der Waals surface area contributed by atoms with E-state index >= 15 is 0 Å². The fourth-order valence-electron chi connectivity index (χ4n) is 3.36. The van der Waals surface area contributed by atoms with E-state index in [2.05, 4.69) is 29.3 Å². The van der Waals surface area contributed by atoms with Gasteiger partial charge < -0.3 is 10.2 Å². The molecule has 0 spiro atoms. The first-order valence-electron chi connectivity index (χ1n) is 7.29. The van der Waals surface area contributed by atoms with Crippen LogP contribution in [0, 0.1) is 12.8 Å². The quantitative estimate of drug-likeness (QED) is 0.907. The highest BCUT2D eigenvalue weighted by molar-refractivity contribution is 5.85. The molecule has 1 aromatic rings. The highest BCUT2D eigenvalue weighted by Gasteiger charge is 2.34. The molecule has 2 saturated heterocycles. The molecule has 2 fully saturated rings. The van der Waals surface area contributed by atoms with Gasteiger partial charge in [0.05, 0.1) is 6.42 Å². The van der Waals surface area contributed by atoms with Crippen LogP contribution in [0.4, 0.5) is 0 Å². The van der Waals surface area contributed by atoms with Crippen LogP contribution in [-0.2, 0) is 11.2 Å². The summed E-state index contributed by atoms with van der Waals surface area (Å²) in [5.74, 6) is 0.967. The number of benzene rings is 1. The Morgan fingerprint density at radius 3 is 2.95 bits per heavy atom. The van der Waals surface area contributed by atoms with Crippen molar-refractivity contribution >= 4 is 18.3 Å². The lowest BCUT2D eigenvalue weighted by atomic mass is 9.93. The molecule has 0 bridgehead atoms. The third kappa shape index (κ3) is 3.15. The number of carbonyl (C=O) groups excluding carboxylic acids is 1. The number of nitrogens with zero attached hydrogens (tertiary/aromatic N) is 1. The molecular weight excluding hydrogens is 272 g/mol. The molecule has 2 unspecified atom stereocenters. The SMILES string of the molecule is Cc1ccccc1CC(=O)N1CCC2NCCC2C1.Cl. The van der Waals surface area contributed by atoms with Gasteiger partial charge in [0.1, 0.15) is 0 Å². The highest BCUT2D eigenvalue weighted by Crippen LogP contribution is 2.25. The maximum atomic E-state index is 12.4. The van der Waals surface area contributed by atoms with Crippen molar-refractivity contribution in [2.45, 2.75) is 32.2 Å². The summed E-state index contributed by atoms with van der Waals surface area (Å²) < 4.78 is 0. The van der Waals surface area contributed by atoms with Crippen molar-refractivity contribution in [3.8, 4) is 0 Å². The number of rotatable bonds is 2. The topological polar surface area (TPSA) is 32.3 Å². The monoisotopic (exact) mass is 294 g/mol. The molecule has 2 heterocycles. The standard InChI is InChI=1S/C16H22N2O.ClH/c1-12-4-2-3-5-13(12)10-16(19)18-9-7-15-14(11-18)6-8-17-15;/h2-5,14-15,17H,6-11H2,1H3;1H. The van der Waals surface area contributed by atoms with E-state index in [0.29, 0.717) is 24.3 Å². The van der Waals surface area contributed by atoms with E-state index in [9.17, 15) is 4.79 Å². The Hall–Kier alpha value is -1.06. The first-order valence-corrected chi connectivity index (χ1v) is 7.29. The molecule has 3 nitrogen and oxygen atoms in total. The van der Waals surface area contributed by atoms with E-state index in [-0.39, 0.29) is 12.4 Å². The third-order valence-corrected chi connectivity index (χ3v) is 4.61. The number of nitrogens with one attached hydrogen (secondary N) is 1. The first kappa shape index (κ1) is 15.3. The zero-order valence-electron chi connectivity index (χ0n) is 12.0. The molecule has 1 amide bonds. The summed E-state index contributed by atoms with van der Waals surface area (Å²) in [4.78, 5) is 14.5. The number of amides is 1. The van der Waals surface area contributed by atoms with Crippen LogP contribution in [0.5, 0.6) is 0 Å². The summed E-state index contributed by atoms with van der Waals surface area (Å²) in [6.07, 6.45) is 2.89. The first-order chi connectivity index (χ1) is 9.24. The van der Waals surface area contributed by atoms with Crippen LogP contribution in [0.2, 0.25) is 0 Å². The largest absolute Gasteiger partial charge is 0.342 e. The minimum absolute atomic E-state index is 0. The highest BCUT2D eigenvalue weighted by atomic mass is 35.5. The third-order valence-electron chi connectivity index (χ3n) is 4.61. The van der Waals surface area contributed by atoms with Crippen LogP contribution in [0.3, 0.4) is 0 Å². The molecule has 3 rings (SSSR count). The summed E-state index contributed by atoms with van der Waals surface area (Å²) in [5.41, 5.74) is 2.38. The predicted octanol–water partition coefficient (Wildman–Crippen LogP) is 2.17. The lowest BCUT2D eigenvalue weighted by molar-refractivity contribution is -0.132. The average Bonchev–Trinajstić information content (AvgIpc) is 2.88. The normalized spacial score (nSPS) is 24.9. The maximum absolute atomic E-state index is 12.4. The number of halogens is 1. The molecule has 1 aromatic carbocycles. The van der Waals surface area contributed by atoms with Gasteiger partial charge in [-0.1, -0.05) is 24.3 Å². The second-order valence-corrected chi connectivity index (χ2v) is 5.84. The van der Waals surface area contributed by atoms with Crippen LogP contribution in [0.15, 0.2) is 24.3 Å². The second-order valence-electron chi connectivity index (χ2n) is 5.84. The smallest absolute Gasteiger partial charge is 0.227 e. The van der Waals surface area contributed by atoms with E-state index in [4.69, 9.17) is 0 Å². The Balaban J connectivity index is 0.00000147. The zero-order valence-corrected chi connectivity index (χ0v) is 12.8. The number of aryl methyl sites for hydroxylation is 1. The van der Waals surface area contributed by atoms with Crippen molar-refractivity contribution in [3.63, 3.8) is 0 Å². The molecule has 4 heteroatoms. The van der Waals surface area contributed by atoms with Gasteiger partial charge in [-0.25, -0.2) is 0 Å². The molecule has 0 aromatic heterocycles. The molecular formula is C16H23ClN2O. The van der Waals surface area contributed by atoms with Crippen LogP contribution >= 0.6 is 12.4 Å². The fourth-order valence-corrected chi connectivity index (χ4v) is 3.36. The van der Waals surface area contributed by atoms with Gasteiger partial charge in [-0.05, 0) is 43.4 Å². The molecule has 2 aliphatic heterocycles. The van der Waals surface area contributed by atoms with Gasteiger partial charge in [0, 0.05) is 19.1 Å². The lowest BCUT2D eigenvalue weighted by Gasteiger charge is -2.35. The van der Waals surface area contributed by atoms with E-state index in [1.54, 1.807) is 0 Å². The summed E-state index contributed by atoms with van der Waals surface area (Å²) in [5, 5.41) is 3.54. The Bertz CT molecular complexity index is 477. The molecule has 0 radical (unpaired) electrons. The summed E-state index contributed by atoms with van der Waals surface area (Å²) in [6, 6.07) is 8.84. The van der Waals surface area contributed by atoms with E-state index in [1.165, 1.54) is 17.5 Å². The van der Waals surface area contributed by atoms with Gasteiger partial charge in [0.2, 0.25) is 5.91 Å². The van der Waals surface area contributed by atoms with Crippen molar-refractivity contribution in [1.29, 1.82) is 0 Å². The maximum Gasteiger partial charge on any atom is 0.227 e. The van der Waals surface area contributed by atoms with Gasteiger partial charge in [0.15, 0.2) is 0 Å². The van der Waals surface area contributed by atoms with Gasteiger partial charge in [-0.15, -0.1) is 12.4 Å². The minimum atomic E-state index is 0. The molecule has 20 heavy (non-hydrogen) atoms. The van der Waals surface area contributed by atoms with Gasteiger partial charge in [-0.2, -0.15) is 0 Å². The molecule has 110 valence electrons. The van der Waals surface area contributed by atoms with Gasteiger partial charge >= 0.3 is 0 Å². The average molecular weight is 295 g/mol. The Morgan fingerprint density at radius 1 is 1.35 bits per heavy atom. The van der Waals surface area contributed by atoms with E-state index in [0.717, 1.165) is 26.1 Å². The van der Waals surface area contributed by atoms with Gasteiger partial charge in [-0.3, -0.25) is 4.79 Å².